The van der Waals surface area contributed by atoms with Crippen LogP contribution in [0.2, 0.25) is 5.02 Å². The Morgan fingerprint density at radius 1 is 1.18 bits per heavy atom. The van der Waals surface area contributed by atoms with E-state index >= 15 is 0 Å². The molecule has 7 nitrogen and oxygen atoms in total. The van der Waals surface area contributed by atoms with E-state index in [1.54, 1.807) is 24.3 Å². The summed E-state index contributed by atoms with van der Waals surface area (Å²) >= 11 is 5.72. The second-order valence-electron chi connectivity index (χ2n) is 4.09. The van der Waals surface area contributed by atoms with E-state index in [9.17, 15) is 14.9 Å². The predicted molar refractivity (Wildman–Crippen MR) is 82.2 cm³/mol. The Labute approximate surface area is 130 Å². The van der Waals surface area contributed by atoms with E-state index in [2.05, 4.69) is 15.3 Å². The molecule has 2 aromatic rings. The van der Waals surface area contributed by atoms with E-state index in [-0.39, 0.29) is 5.69 Å². The lowest BCUT2D eigenvalue weighted by Crippen LogP contribution is -2.10. The minimum absolute atomic E-state index is 0.0291. The molecule has 0 saturated carbocycles. The highest BCUT2D eigenvalue weighted by Crippen LogP contribution is 2.13. The Morgan fingerprint density at radius 2 is 1.82 bits per heavy atom. The highest BCUT2D eigenvalue weighted by Gasteiger charge is 2.04. The molecule has 0 atom stereocenters. The maximum absolute atomic E-state index is 11.5. The zero-order chi connectivity index (χ0) is 15.9. The quantitative estimate of drug-likeness (QED) is 0.401. The summed E-state index contributed by atoms with van der Waals surface area (Å²) < 4.78 is 0. The van der Waals surface area contributed by atoms with Crippen molar-refractivity contribution in [3.63, 3.8) is 0 Å². The van der Waals surface area contributed by atoms with Crippen LogP contribution in [0.4, 0.5) is 16.2 Å². The van der Waals surface area contributed by atoms with Gasteiger partial charge in [-0.3, -0.25) is 20.3 Å². The molecule has 0 aromatic heterocycles. The summed E-state index contributed by atoms with van der Waals surface area (Å²) in [6, 6.07) is 12.1. The Balaban J connectivity index is 1.87. The number of nitrogens with zero attached hydrogens (tertiary/aromatic N) is 2. The van der Waals surface area contributed by atoms with Crippen molar-refractivity contribution in [2.75, 3.05) is 5.32 Å². The van der Waals surface area contributed by atoms with E-state index in [0.717, 1.165) is 0 Å². The van der Waals surface area contributed by atoms with Crippen LogP contribution in [0.3, 0.4) is 0 Å². The van der Waals surface area contributed by atoms with Crippen LogP contribution in [-0.4, -0.2) is 17.2 Å². The Bertz CT molecular complexity index is 699. The van der Waals surface area contributed by atoms with Gasteiger partial charge >= 0.3 is 6.09 Å². The second-order valence-corrected chi connectivity index (χ2v) is 4.53. The number of nitro groups is 1. The van der Waals surface area contributed by atoms with E-state index in [1.165, 1.54) is 30.5 Å². The molecule has 0 heterocycles. The fourth-order valence-electron chi connectivity index (χ4n) is 1.49. The van der Waals surface area contributed by atoms with Gasteiger partial charge in [0.15, 0.2) is 0 Å². The van der Waals surface area contributed by atoms with Gasteiger partial charge in [0.05, 0.1) is 11.1 Å². The Kier molecular flexibility index (Phi) is 5.05. The predicted octanol–water partition coefficient (Wildman–Crippen LogP) is 3.83. The molecule has 22 heavy (non-hydrogen) atoms. The molecular weight excluding hydrogens is 310 g/mol. The van der Waals surface area contributed by atoms with Crippen molar-refractivity contribution in [2.24, 2.45) is 5.16 Å². The van der Waals surface area contributed by atoms with Gasteiger partial charge in [0.2, 0.25) is 0 Å². The molecule has 0 saturated heterocycles. The fourth-order valence-corrected chi connectivity index (χ4v) is 1.62. The number of hydrogen-bond acceptors (Lipinski definition) is 5. The smallest absolute Gasteiger partial charge is 0.298 e. The Hall–Kier alpha value is -2.93. The standard InChI is InChI=1S/C14H10ClN3O4/c15-11-3-5-12(6-4-11)17-14(19)22-16-9-10-1-7-13(8-2-10)18(20)21/h1-9H,(H,17,19)/b16-9-. The molecule has 0 radical (unpaired) electrons. The van der Waals surface area contributed by atoms with Crippen LogP contribution >= 0.6 is 11.6 Å². The first-order valence-corrected chi connectivity index (χ1v) is 6.44. The number of anilines is 1. The number of halogens is 1. The minimum atomic E-state index is -0.763. The monoisotopic (exact) mass is 319 g/mol. The van der Waals surface area contributed by atoms with Gasteiger partial charge in [0.1, 0.15) is 0 Å². The number of carbonyl (C=O) groups excluding carboxylic acids is 1. The van der Waals surface area contributed by atoms with Crippen LogP contribution in [0.25, 0.3) is 0 Å². The Morgan fingerprint density at radius 3 is 2.41 bits per heavy atom. The number of rotatable bonds is 4. The van der Waals surface area contributed by atoms with Crippen molar-refractivity contribution < 1.29 is 14.6 Å². The van der Waals surface area contributed by atoms with Gasteiger partial charge in [-0.25, -0.2) is 4.79 Å². The summed E-state index contributed by atoms with van der Waals surface area (Å²) in [5.41, 5.74) is 1.04. The molecule has 0 spiro atoms. The minimum Gasteiger partial charge on any atom is -0.298 e. The summed E-state index contributed by atoms with van der Waals surface area (Å²) in [6.07, 6.45) is 0.506. The zero-order valence-corrected chi connectivity index (χ0v) is 11.9. The molecule has 0 aliphatic heterocycles. The lowest BCUT2D eigenvalue weighted by molar-refractivity contribution is -0.384. The first-order valence-electron chi connectivity index (χ1n) is 6.06. The third kappa shape index (κ3) is 4.57. The van der Waals surface area contributed by atoms with Crippen LogP contribution < -0.4 is 5.32 Å². The van der Waals surface area contributed by atoms with Crippen molar-refractivity contribution >= 4 is 35.3 Å². The average molecular weight is 320 g/mol. The summed E-state index contributed by atoms with van der Waals surface area (Å²) in [7, 11) is 0. The van der Waals surface area contributed by atoms with Gasteiger partial charge in [-0.05, 0) is 42.0 Å². The average Bonchev–Trinajstić information content (AvgIpc) is 2.50. The van der Waals surface area contributed by atoms with E-state index < -0.39 is 11.0 Å². The summed E-state index contributed by atoms with van der Waals surface area (Å²) in [4.78, 5) is 26.1. The summed E-state index contributed by atoms with van der Waals surface area (Å²) in [6.45, 7) is 0. The first-order chi connectivity index (χ1) is 10.5. The van der Waals surface area contributed by atoms with Crippen molar-refractivity contribution in [3.05, 3.63) is 69.2 Å². The number of hydrogen-bond donors (Lipinski definition) is 1. The normalized spacial score (nSPS) is 10.4. The van der Waals surface area contributed by atoms with Gasteiger partial charge in [-0.1, -0.05) is 16.8 Å². The van der Waals surface area contributed by atoms with Crippen molar-refractivity contribution in [2.45, 2.75) is 0 Å². The number of nitrogens with one attached hydrogen (secondary N) is 1. The van der Waals surface area contributed by atoms with Gasteiger partial charge in [-0.15, -0.1) is 0 Å². The molecule has 2 aromatic carbocycles. The fraction of sp³-hybridized carbons (Fsp3) is 0. The molecule has 0 bridgehead atoms. The number of amides is 1. The maximum Gasteiger partial charge on any atom is 0.437 e. The molecule has 0 fully saturated rings. The van der Waals surface area contributed by atoms with Crippen molar-refractivity contribution in [3.8, 4) is 0 Å². The highest BCUT2D eigenvalue weighted by molar-refractivity contribution is 6.30. The van der Waals surface area contributed by atoms with Crippen LogP contribution in [-0.2, 0) is 4.84 Å². The van der Waals surface area contributed by atoms with Gasteiger partial charge in [-0.2, -0.15) is 0 Å². The summed E-state index contributed by atoms with van der Waals surface area (Å²) in [5.74, 6) is 0. The van der Waals surface area contributed by atoms with E-state index in [0.29, 0.717) is 16.3 Å². The topological polar surface area (TPSA) is 93.8 Å². The van der Waals surface area contributed by atoms with E-state index in [4.69, 9.17) is 11.6 Å². The molecule has 0 aliphatic rings. The molecule has 0 unspecified atom stereocenters. The number of carbonyl (C=O) groups is 1. The largest absolute Gasteiger partial charge is 0.437 e. The van der Waals surface area contributed by atoms with Gasteiger partial charge < -0.3 is 0 Å². The molecule has 1 N–H and O–H groups in total. The van der Waals surface area contributed by atoms with Crippen molar-refractivity contribution in [1.82, 2.24) is 0 Å². The molecule has 0 aliphatic carbocycles. The van der Waals surface area contributed by atoms with Crippen molar-refractivity contribution in [1.29, 1.82) is 0 Å². The number of non-ortho nitro benzene ring substituents is 1. The SMILES string of the molecule is O=C(Nc1ccc(Cl)cc1)O/N=C\c1ccc([N+](=O)[O-])cc1. The van der Waals surface area contributed by atoms with Crippen LogP contribution in [0.5, 0.6) is 0 Å². The van der Waals surface area contributed by atoms with Crippen LogP contribution in [0, 0.1) is 10.1 Å². The number of oxime groups is 1. The zero-order valence-electron chi connectivity index (χ0n) is 11.1. The second kappa shape index (κ2) is 7.19. The third-order valence-electron chi connectivity index (χ3n) is 2.53. The van der Waals surface area contributed by atoms with E-state index in [1.807, 2.05) is 0 Å². The number of nitro benzene ring substituents is 1. The third-order valence-corrected chi connectivity index (χ3v) is 2.78. The summed E-state index contributed by atoms with van der Waals surface area (Å²) in [5, 5.41) is 17.0. The van der Waals surface area contributed by atoms with Gasteiger partial charge in [0, 0.05) is 22.8 Å². The lowest BCUT2D eigenvalue weighted by atomic mass is 10.2. The molecular formula is C14H10ClN3O4. The maximum atomic E-state index is 11.5. The van der Waals surface area contributed by atoms with Crippen LogP contribution in [0.15, 0.2) is 53.7 Å². The lowest BCUT2D eigenvalue weighted by Gasteiger charge is -2.02. The van der Waals surface area contributed by atoms with Gasteiger partial charge in [0.25, 0.3) is 5.69 Å². The van der Waals surface area contributed by atoms with Crippen LogP contribution in [0.1, 0.15) is 5.56 Å². The molecule has 2 rings (SSSR count). The molecule has 8 heteroatoms. The molecule has 1 amide bonds. The highest BCUT2D eigenvalue weighted by atomic mass is 35.5. The number of benzene rings is 2. The molecule has 112 valence electrons. The first kappa shape index (κ1) is 15.5.